The van der Waals surface area contributed by atoms with E-state index in [1.165, 1.54) is 0 Å². The maximum atomic E-state index is 12.3. The molecule has 0 aliphatic carbocycles. The first kappa shape index (κ1) is 11.9. The van der Waals surface area contributed by atoms with Crippen molar-refractivity contribution in [2.45, 2.75) is 37.8 Å². The molecule has 1 N–H and O–H groups in total. The first-order valence-electron chi connectivity index (χ1n) is 6.38. The number of carbonyl (C=O) groups excluding carboxylic acids is 1. The number of hydrogen-bond donors (Lipinski definition) is 1. The minimum atomic E-state index is 0.139. The van der Waals surface area contributed by atoms with Gasteiger partial charge >= 0.3 is 0 Å². The van der Waals surface area contributed by atoms with Crippen LogP contribution < -0.4 is 5.32 Å². The summed E-state index contributed by atoms with van der Waals surface area (Å²) in [5, 5.41) is 3.34. The quantitative estimate of drug-likeness (QED) is 0.734. The van der Waals surface area contributed by atoms with Gasteiger partial charge < -0.3 is 10.2 Å². The molecule has 2 heterocycles. The fourth-order valence-corrected chi connectivity index (χ4v) is 2.83. The third kappa shape index (κ3) is 2.38. The van der Waals surface area contributed by atoms with E-state index in [1.54, 1.807) is 0 Å². The number of nitrogens with one attached hydrogen (secondary N) is 1. The van der Waals surface area contributed by atoms with E-state index in [4.69, 9.17) is 0 Å². The Labute approximate surface area is 98.0 Å². The fraction of sp³-hybridized carbons (Fsp3) is 0.917. The molecule has 2 saturated heterocycles. The molecule has 92 valence electrons. The molecular formula is C12H23N3O. The fourth-order valence-electron chi connectivity index (χ4n) is 2.83. The first-order valence-corrected chi connectivity index (χ1v) is 6.38. The zero-order valence-corrected chi connectivity index (χ0v) is 10.4. The molecule has 0 aromatic carbocycles. The average Bonchev–Trinajstić information content (AvgIpc) is 2.75. The Kier molecular flexibility index (Phi) is 3.82. The minimum absolute atomic E-state index is 0.139. The molecule has 0 aromatic rings. The number of nitrogens with zero attached hydrogens (tertiary/aromatic N) is 2. The van der Waals surface area contributed by atoms with E-state index in [0.717, 1.165) is 45.3 Å². The second kappa shape index (κ2) is 5.15. The summed E-state index contributed by atoms with van der Waals surface area (Å²) in [5.74, 6) is 0.326. The second-order valence-corrected chi connectivity index (χ2v) is 5.07. The SMILES string of the molecule is CN(C(=O)[C@H]1CCCN1C)C1CCNCC1. The van der Waals surface area contributed by atoms with Crippen LogP contribution in [0.2, 0.25) is 0 Å². The van der Waals surface area contributed by atoms with Crippen LogP contribution in [0.1, 0.15) is 25.7 Å². The van der Waals surface area contributed by atoms with Crippen molar-refractivity contribution in [3.05, 3.63) is 0 Å². The third-order valence-corrected chi connectivity index (χ3v) is 4.01. The van der Waals surface area contributed by atoms with Gasteiger partial charge in [-0.2, -0.15) is 0 Å². The molecule has 2 aliphatic heterocycles. The van der Waals surface area contributed by atoms with Crippen molar-refractivity contribution < 1.29 is 4.79 Å². The highest BCUT2D eigenvalue weighted by Gasteiger charge is 2.32. The van der Waals surface area contributed by atoms with Gasteiger partial charge in [-0.05, 0) is 52.4 Å². The number of amides is 1. The highest BCUT2D eigenvalue weighted by atomic mass is 16.2. The van der Waals surface area contributed by atoms with Crippen LogP contribution in [0.3, 0.4) is 0 Å². The monoisotopic (exact) mass is 225 g/mol. The maximum Gasteiger partial charge on any atom is 0.239 e. The van der Waals surface area contributed by atoms with Gasteiger partial charge in [0.2, 0.25) is 5.91 Å². The Balaban J connectivity index is 1.92. The predicted octanol–water partition coefficient (Wildman–Crippen LogP) is 0.291. The van der Waals surface area contributed by atoms with Crippen molar-refractivity contribution in [2.24, 2.45) is 0 Å². The summed E-state index contributed by atoms with van der Waals surface area (Å²) in [7, 11) is 4.04. The van der Waals surface area contributed by atoms with Crippen molar-refractivity contribution in [3.8, 4) is 0 Å². The molecule has 2 rings (SSSR count). The average molecular weight is 225 g/mol. The smallest absolute Gasteiger partial charge is 0.239 e. The summed E-state index contributed by atoms with van der Waals surface area (Å²) >= 11 is 0. The van der Waals surface area contributed by atoms with Gasteiger partial charge in [-0.1, -0.05) is 0 Å². The van der Waals surface area contributed by atoms with Gasteiger partial charge in [-0.25, -0.2) is 0 Å². The number of hydrogen-bond acceptors (Lipinski definition) is 3. The first-order chi connectivity index (χ1) is 7.70. The molecule has 2 aliphatic rings. The number of piperidine rings is 1. The van der Waals surface area contributed by atoms with Crippen molar-refractivity contribution >= 4 is 5.91 Å². The van der Waals surface area contributed by atoms with Crippen molar-refractivity contribution in [3.63, 3.8) is 0 Å². The molecule has 0 radical (unpaired) electrons. The molecule has 4 nitrogen and oxygen atoms in total. The number of likely N-dealkylation sites (N-methyl/N-ethyl adjacent to an activating group) is 2. The summed E-state index contributed by atoms with van der Waals surface area (Å²) in [6.45, 7) is 3.15. The van der Waals surface area contributed by atoms with E-state index in [0.29, 0.717) is 11.9 Å². The van der Waals surface area contributed by atoms with E-state index >= 15 is 0 Å². The number of rotatable bonds is 2. The summed E-state index contributed by atoms with van der Waals surface area (Å²) in [6.07, 6.45) is 4.38. The van der Waals surface area contributed by atoms with Crippen LogP contribution >= 0.6 is 0 Å². The van der Waals surface area contributed by atoms with Crippen LogP contribution in [0.25, 0.3) is 0 Å². The number of likely N-dealkylation sites (tertiary alicyclic amines) is 1. The van der Waals surface area contributed by atoms with E-state index in [2.05, 4.69) is 17.3 Å². The number of carbonyl (C=O) groups is 1. The highest BCUT2D eigenvalue weighted by molar-refractivity contribution is 5.82. The summed E-state index contributed by atoms with van der Waals surface area (Å²) < 4.78 is 0. The van der Waals surface area contributed by atoms with Gasteiger partial charge in [-0.15, -0.1) is 0 Å². The van der Waals surface area contributed by atoms with Crippen LogP contribution in [0.5, 0.6) is 0 Å². The van der Waals surface area contributed by atoms with E-state index in [-0.39, 0.29) is 6.04 Å². The molecule has 0 aromatic heterocycles. The van der Waals surface area contributed by atoms with Crippen LogP contribution in [0.15, 0.2) is 0 Å². The Morgan fingerprint density at radius 3 is 2.56 bits per heavy atom. The standard InChI is InChI=1S/C12H23N3O/c1-14-9-3-4-11(14)12(16)15(2)10-5-7-13-8-6-10/h10-11,13H,3-9H2,1-2H3/t11-/m1/s1. The zero-order valence-electron chi connectivity index (χ0n) is 10.4. The minimum Gasteiger partial charge on any atom is -0.341 e. The lowest BCUT2D eigenvalue weighted by Crippen LogP contribution is -2.49. The second-order valence-electron chi connectivity index (χ2n) is 5.07. The Morgan fingerprint density at radius 1 is 1.31 bits per heavy atom. The van der Waals surface area contributed by atoms with E-state index < -0.39 is 0 Å². The van der Waals surface area contributed by atoms with Gasteiger partial charge in [0.1, 0.15) is 0 Å². The van der Waals surface area contributed by atoms with Gasteiger partial charge in [0.15, 0.2) is 0 Å². The maximum absolute atomic E-state index is 12.3. The summed E-state index contributed by atoms with van der Waals surface area (Å²) in [5.41, 5.74) is 0. The molecule has 4 heteroatoms. The molecule has 1 atom stereocenters. The van der Waals surface area contributed by atoms with E-state index in [1.807, 2.05) is 11.9 Å². The van der Waals surface area contributed by atoms with Crippen LogP contribution in [-0.2, 0) is 4.79 Å². The van der Waals surface area contributed by atoms with Gasteiger partial charge in [0.05, 0.1) is 6.04 Å². The lowest BCUT2D eigenvalue weighted by Gasteiger charge is -2.34. The molecule has 0 saturated carbocycles. The van der Waals surface area contributed by atoms with Crippen molar-refractivity contribution in [1.82, 2.24) is 15.1 Å². The van der Waals surface area contributed by atoms with Crippen LogP contribution in [-0.4, -0.2) is 61.5 Å². The highest BCUT2D eigenvalue weighted by Crippen LogP contribution is 2.19. The van der Waals surface area contributed by atoms with Crippen molar-refractivity contribution in [1.29, 1.82) is 0 Å². The Hall–Kier alpha value is -0.610. The van der Waals surface area contributed by atoms with Crippen LogP contribution in [0.4, 0.5) is 0 Å². The van der Waals surface area contributed by atoms with Crippen LogP contribution in [0, 0.1) is 0 Å². The van der Waals surface area contributed by atoms with E-state index in [9.17, 15) is 4.79 Å². The topological polar surface area (TPSA) is 35.6 Å². The molecule has 0 spiro atoms. The Morgan fingerprint density at radius 2 is 2.00 bits per heavy atom. The van der Waals surface area contributed by atoms with Gasteiger partial charge in [-0.3, -0.25) is 9.69 Å². The molecule has 0 unspecified atom stereocenters. The normalized spacial score (nSPS) is 28.2. The molecular weight excluding hydrogens is 202 g/mol. The molecule has 2 fully saturated rings. The predicted molar refractivity (Wildman–Crippen MR) is 64.3 cm³/mol. The summed E-state index contributed by atoms with van der Waals surface area (Å²) in [6, 6.07) is 0.586. The zero-order chi connectivity index (χ0) is 11.5. The van der Waals surface area contributed by atoms with Gasteiger partial charge in [0.25, 0.3) is 0 Å². The third-order valence-electron chi connectivity index (χ3n) is 4.01. The Bertz CT molecular complexity index is 251. The largest absolute Gasteiger partial charge is 0.341 e. The molecule has 16 heavy (non-hydrogen) atoms. The molecule has 0 bridgehead atoms. The molecule has 1 amide bonds. The van der Waals surface area contributed by atoms with Gasteiger partial charge in [0, 0.05) is 13.1 Å². The lowest BCUT2D eigenvalue weighted by molar-refractivity contribution is -0.136. The summed E-state index contributed by atoms with van der Waals surface area (Å²) in [4.78, 5) is 16.5. The van der Waals surface area contributed by atoms with Crippen molar-refractivity contribution in [2.75, 3.05) is 33.7 Å². The lowest BCUT2D eigenvalue weighted by atomic mass is 10.0.